The highest BCUT2D eigenvalue weighted by Crippen LogP contribution is 2.15. The van der Waals surface area contributed by atoms with Gasteiger partial charge in [0.15, 0.2) is 0 Å². The predicted molar refractivity (Wildman–Crippen MR) is 94.0 cm³/mol. The quantitative estimate of drug-likeness (QED) is 0.757. The summed E-state index contributed by atoms with van der Waals surface area (Å²) in [5.74, 6) is -2.83. The molecule has 1 unspecified atom stereocenters. The van der Waals surface area contributed by atoms with Crippen LogP contribution in [0.25, 0.3) is 0 Å². The number of aliphatic carboxylic acids is 1. The van der Waals surface area contributed by atoms with E-state index >= 15 is 0 Å². The highest BCUT2D eigenvalue weighted by Gasteiger charge is 2.18. The van der Waals surface area contributed by atoms with Gasteiger partial charge < -0.3 is 15.3 Å². The first-order valence-corrected chi connectivity index (χ1v) is 8.11. The number of halogens is 2. The van der Waals surface area contributed by atoms with Gasteiger partial charge in [-0.15, -0.1) is 0 Å². The molecule has 1 atom stereocenters. The Balaban J connectivity index is 2.00. The molecule has 2 rings (SSSR count). The normalized spacial score (nSPS) is 11.7. The van der Waals surface area contributed by atoms with Crippen molar-refractivity contribution in [1.29, 1.82) is 0 Å². The van der Waals surface area contributed by atoms with Gasteiger partial charge in [-0.25, -0.2) is 8.78 Å². The van der Waals surface area contributed by atoms with E-state index in [0.717, 1.165) is 12.1 Å². The van der Waals surface area contributed by atoms with Gasteiger partial charge in [-0.05, 0) is 37.6 Å². The minimum Gasteiger partial charge on any atom is -0.480 e. The number of hydrogen-bond acceptors (Lipinski definition) is 3. The van der Waals surface area contributed by atoms with E-state index in [0.29, 0.717) is 5.69 Å². The van der Waals surface area contributed by atoms with E-state index in [1.54, 1.807) is 37.3 Å². The summed E-state index contributed by atoms with van der Waals surface area (Å²) in [4.78, 5) is 24.7. The van der Waals surface area contributed by atoms with Crippen molar-refractivity contribution >= 4 is 17.6 Å². The summed E-state index contributed by atoms with van der Waals surface area (Å²) in [6.07, 6.45) is -0.00544. The zero-order valence-corrected chi connectivity index (χ0v) is 14.3. The summed E-state index contributed by atoms with van der Waals surface area (Å²) >= 11 is 0. The van der Waals surface area contributed by atoms with Crippen LogP contribution < -0.4 is 10.2 Å². The van der Waals surface area contributed by atoms with Gasteiger partial charge in [0.25, 0.3) is 0 Å². The number of carbonyl (C=O) groups is 2. The van der Waals surface area contributed by atoms with Crippen LogP contribution >= 0.6 is 0 Å². The van der Waals surface area contributed by atoms with Crippen LogP contribution in [0.1, 0.15) is 12.5 Å². The second-order valence-corrected chi connectivity index (χ2v) is 5.96. The van der Waals surface area contributed by atoms with Gasteiger partial charge in [-0.2, -0.15) is 0 Å². The van der Waals surface area contributed by atoms with E-state index in [1.165, 1.54) is 11.0 Å². The molecule has 0 aliphatic heterocycles. The number of hydrogen-bond donors (Lipinski definition) is 2. The molecule has 0 aromatic heterocycles. The maximum Gasteiger partial charge on any atom is 0.323 e. The molecule has 2 aromatic rings. The molecule has 7 heteroatoms. The maximum absolute atomic E-state index is 13.7. The van der Waals surface area contributed by atoms with Gasteiger partial charge >= 0.3 is 5.97 Å². The van der Waals surface area contributed by atoms with E-state index in [4.69, 9.17) is 5.11 Å². The molecule has 5 nitrogen and oxygen atoms in total. The van der Waals surface area contributed by atoms with E-state index in [-0.39, 0.29) is 25.1 Å². The first kappa shape index (κ1) is 19.4. The van der Waals surface area contributed by atoms with Crippen LogP contribution in [0.4, 0.5) is 14.5 Å². The molecule has 138 valence electrons. The fraction of sp³-hybridized carbons (Fsp3) is 0.263. The van der Waals surface area contributed by atoms with Crippen molar-refractivity contribution in [2.45, 2.75) is 19.4 Å². The molecule has 0 saturated carbocycles. The third-order valence-corrected chi connectivity index (χ3v) is 3.76. The highest BCUT2D eigenvalue weighted by molar-refractivity contribution is 5.84. The Morgan fingerprint density at radius 2 is 1.65 bits per heavy atom. The number of carboxylic acid groups (broad SMARTS) is 1. The van der Waals surface area contributed by atoms with Crippen LogP contribution in [0.3, 0.4) is 0 Å². The number of rotatable bonds is 8. The maximum atomic E-state index is 13.7. The Kier molecular flexibility index (Phi) is 6.66. The molecule has 0 aliphatic rings. The van der Waals surface area contributed by atoms with Crippen LogP contribution in [-0.4, -0.2) is 36.1 Å². The number of nitrogens with zero attached hydrogens (tertiary/aromatic N) is 1. The average molecular weight is 362 g/mol. The Bertz CT molecular complexity index is 748. The van der Waals surface area contributed by atoms with Gasteiger partial charge in [0, 0.05) is 17.3 Å². The molecular formula is C19H20F2N2O3. The lowest BCUT2D eigenvalue weighted by Gasteiger charge is -2.23. The molecule has 0 spiro atoms. The van der Waals surface area contributed by atoms with Crippen molar-refractivity contribution in [3.63, 3.8) is 0 Å². The smallest absolute Gasteiger partial charge is 0.323 e. The van der Waals surface area contributed by atoms with Gasteiger partial charge in [0.2, 0.25) is 5.91 Å². The molecular weight excluding hydrogens is 342 g/mol. The minimum atomic E-state index is -1.07. The van der Waals surface area contributed by atoms with Crippen molar-refractivity contribution in [3.8, 4) is 0 Å². The van der Waals surface area contributed by atoms with E-state index in [2.05, 4.69) is 5.32 Å². The van der Waals surface area contributed by atoms with Crippen LogP contribution in [0, 0.1) is 11.6 Å². The van der Waals surface area contributed by atoms with Crippen LogP contribution in [-0.2, 0) is 16.0 Å². The first-order valence-electron chi connectivity index (χ1n) is 8.11. The Labute approximate surface area is 150 Å². The molecule has 0 saturated heterocycles. The molecule has 0 aliphatic carbocycles. The van der Waals surface area contributed by atoms with Crippen LogP contribution in [0.5, 0.6) is 0 Å². The third-order valence-electron chi connectivity index (χ3n) is 3.76. The van der Waals surface area contributed by atoms with Crippen molar-refractivity contribution in [2.75, 3.05) is 18.0 Å². The molecule has 2 N–H and O–H groups in total. The monoisotopic (exact) mass is 362 g/mol. The van der Waals surface area contributed by atoms with Crippen LogP contribution in [0.2, 0.25) is 0 Å². The van der Waals surface area contributed by atoms with E-state index in [1.807, 2.05) is 0 Å². The second-order valence-electron chi connectivity index (χ2n) is 5.96. The first-order chi connectivity index (χ1) is 12.4. The lowest BCUT2D eigenvalue weighted by atomic mass is 10.1. The van der Waals surface area contributed by atoms with E-state index < -0.39 is 29.6 Å². The Morgan fingerprint density at radius 3 is 2.23 bits per heavy atom. The number of carbonyl (C=O) groups excluding carboxylic acids is 1. The topological polar surface area (TPSA) is 69.6 Å². The van der Waals surface area contributed by atoms with Gasteiger partial charge in [-0.1, -0.05) is 24.3 Å². The largest absolute Gasteiger partial charge is 0.480 e. The minimum absolute atomic E-state index is 0.00544. The fourth-order valence-corrected chi connectivity index (χ4v) is 2.62. The number of carboxylic acids is 1. The van der Waals surface area contributed by atoms with Crippen molar-refractivity contribution in [3.05, 3.63) is 65.7 Å². The Hall–Kier alpha value is -2.96. The van der Waals surface area contributed by atoms with Crippen molar-refractivity contribution in [2.24, 2.45) is 0 Å². The SMILES string of the molecule is CC(Cc1c(F)cccc1F)NC(=O)CN(CC(=O)O)c1ccccc1. The Morgan fingerprint density at radius 1 is 1.04 bits per heavy atom. The molecule has 0 fully saturated rings. The summed E-state index contributed by atoms with van der Waals surface area (Å²) in [6, 6.07) is 11.8. The molecule has 2 aromatic carbocycles. The van der Waals surface area contributed by atoms with Gasteiger partial charge in [0.1, 0.15) is 18.2 Å². The lowest BCUT2D eigenvalue weighted by molar-refractivity contribution is -0.135. The summed E-state index contributed by atoms with van der Waals surface area (Å²) in [5, 5.41) is 11.7. The summed E-state index contributed by atoms with van der Waals surface area (Å²) in [5.41, 5.74) is 0.503. The molecule has 1 amide bonds. The number of nitrogens with one attached hydrogen (secondary N) is 1. The number of benzene rings is 2. The van der Waals surface area contributed by atoms with Gasteiger partial charge in [0.05, 0.1) is 6.54 Å². The summed E-state index contributed by atoms with van der Waals surface area (Å²) in [7, 11) is 0. The predicted octanol–water partition coefficient (Wildman–Crippen LogP) is 2.60. The number of para-hydroxylation sites is 1. The third kappa shape index (κ3) is 5.54. The van der Waals surface area contributed by atoms with Crippen LogP contribution in [0.15, 0.2) is 48.5 Å². The van der Waals surface area contributed by atoms with Crippen molar-refractivity contribution < 1.29 is 23.5 Å². The zero-order chi connectivity index (χ0) is 19.1. The van der Waals surface area contributed by atoms with Gasteiger partial charge in [-0.3, -0.25) is 9.59 Å². The standard InChI is InChI=1S/C19H20F2N2O3/c1-13(10-15-16(20)8-5-9-17(15)21)22-18(24)11-23(12-19(25)26)14-6-3-2-4-7-14/h2-9,13H,10-12H2,1H3,(H,22,24)(H,25,26). The fourth-order valence-electron chi connectivity index (χ4n) is 2.62. The molecule has 0 heterocycles. The number of anilines is 1. The molecule has 0 bridgehead atoms. The van der Waals surface area contributed by atoms with Crippen molar-refractivity contribution in [1.82, 2.24) is 5.32 Å². The lowest BCUT2D eigenvalue weighted by Crippen LogP contribution is -2.43. The summed E-state index contributed by atoms with van der Waals surface area (Å²) < 4.78 is 27.4. The molecule has 0 radical (unpaired) electrons. The molecule has 26 heavy (non-hydrogen) atoms. The van der Waals surface area contributed by atoms with E-state index in [9.17, 15) is 18.4 Å². The zero-order valence-electron chi connectivity index (χ0n) is 14.3. The average Bonchev–Trinajstić information content (AvgIpc) is 2.58. The highest BCUT2D eigenvalue weighted by atomic mass is 19.1. The summed E-state index contributed by atoms with van der Waals surface area (Å²) in [6.45, 7) is 1.11. The number of amides is 1. The second kappa shape index (κ2) is 8.94.